The van der Waals surface area contributed by atoms with E-state index >= 15 is 0 Å². The molecule has 1 aliphatic carbocycles. The van der Waals surface area contributed by atoms with Crippen molar-refractivity contribution in [2.75, 3.05) is 26.7 Å². The van der Waals surface area contributed by atoms with Crippen molar-refractivity contribution in [1.29, 1.82) is 0 Å². The summed E-state index contributed by atoms with van der Waals surface area (Å²) in [6.45, 7) is 3.56. The minimum absolute atomic E-state index is 0.102. The summed E-state index contributed by atoms with van der Waals surface area (Å²) in [4.78, 5) is 2.42. The third kappa shape index (κ3) is 3.44. The SMILES string of the molecule is CN1CCCC(CNC2CCCCC2O)C1. The molecule has 3 nitrogen and oxygen atoms in total. The van der Waals surface area contributed by atoms with E-state index in [1.165, 1.54) is 38.8 Å². The number of nitrogens with zero attached hydrogens (tertiary/aromatic N) is 1. The van der Waals surface area contributed by atoms with Crippen LogP contribution in [0.3, 0.4) is 0 Å². The van der Waals surface area contributed by atoms with Gasteiger partial charge in [0.2, 0.25) is 0 Å². The molecule has 3 heteroatoms. The summed E-state index contributed by atoms with van der Waals surface area (Å²) in [6.07, 6.45) is 7.20. The third-order valence-electron chi connectivity index (χ3n) is 4.12. The average Bonchev–Trinajstić information content (AvgIpc) is 2.28. The van der Waals surface area contributed by atoms with E-state index in [1.54, 1.807) is 0 Å². The first-order valence-electron chi connectivity index (χ1n) is 6.85. The maximum atomic E-state index is 9.88. The van der Waals surface area contributed by atoms with Crippen LogP contribution in [-0.4, -0.2) is 48.8 Å². The van der Waals surface area contributed by atoms with Crippen molar-refractivity contribution in [2.24, 2.45) is 5.92 Å². The maximum Gasteiger partial charge on any atom is 0.0693 e. The summed E-state index contributed by atoms with van der Waals surface area (Å²) >= 11 is 0. The molecule has 3 unspecified atom stereocenters. The number of nitrogens with one attached hydrogen (secondary N) is 1. The van der Waals surface area contributed by atoms with E-state index in [-0.39, 0.29) is 6.10 Å². The van der Waals surface area contributed by atoms with Gasteiger partial charge >= 0.3 is 0 Å². The van der Waals surface area contributed by atoms with Crippen molar-refractivity contribution in [1.82, 2.24) is 10.2 Å². The molecule has 3 atom stereocenters. The van der Waals surface area contributed by atoms with Crippen molar-refractivity contribution >= 4 is 0 Å². The van der Waals surface area contributed by atoms with Gasteiger partial charge in [-0.25, -0.2) is 0 Å². The second-order valence-electron chi connectivity index (χ2n) is 5.64. The Hall–Kier alpha value is -0.120. The fourth-order valence-electron chi connectivity index (χ4n) is 3.11. The lowest BCUT2D eigenvalue weighted by Gasteiger charge is -2.33. The van der Waals surface area contributed by atoms with Crippen LogP contribution in [0.5, 0.6) is 0 Å². The predicted molar refractivity (Wildman–Crippen MR) is 66.5 cm³/mol. The monoisotopic (exact) mass is 226 g/mol. The van der Waals surface area contributed by atoms with Crippen molar-refractivity contribution < 1.29 is 5.11 Å². The van der Waals surface area contributed by atoms with Crippen LogP contribution in [0.1, 0.15) is 38.5 Å². The van der Waals surface area contributed by atoms with E-state index in [2.05, 4.69) is 17.3 Å². The molecule has 0 bridgehead atoms. The van der Waals surface area contributed by atoms with Crippen molar-refractivity contribution in [3.63, 3.8) is 0 Å². The first-order valence-corrected chi connectivity index (χ1v) is 6.85. The largest absolute Gasteiger partial charge is 0.392 e. The summed E-state index contributed by atoms with van der Waals surface area (Å²) < 4.78 is 0. The smallest absolute Gasteiger partial charge is 0.0693 e. The highest BCUT2D eigenvalue weighted by Crippen LogP contribution is 2.20. The molecular formula is C13H26N2O. The molecule has 0 radical (unpaired) electrons. The lowest BCUT2D eigenvalue weighted by molar-refractivity contribution is 0.0855. The van der Waals surface area contributed by atoms with Gasteiger partial charge in [0.05, 0.1) is 6.10 Å². The van der Waals surface area contributed by atoms with Gasteiger partial charge < -0.3 is 15.3 Å². The van der Waals surface area contributed by atoms with Gasteiger partial charge in [0.25, 0.3) is 0 Å². The second-order valence-corrected chi connectivity index (χ2v) is 5.64. The average molecular weight is 226 g/mol. The van der Waals surface area contributed by atoms with Crippen molar-refractivity contribution in [3.05, 3.63) is 0 Å². The lowest BCUT2D eigenvalue weighted by atomic mass is 9.91. The Balaban J connectivity index is 1.69. The van der Waals surface area contributed by atoms with Crippen LogP contribution in [0.15, 0.2) is 0 Å². The van der Waals surface area contributed by atoms with E-state index in [0.29, 0.717) is 6.04 Å². The topological polar surface area (TPSA) is 35.5 Å². The molecule has 0 aromatic rings. The first-order chi connectivity index (χ1) is 7.75. The number of rotatable bonds is 3. The molecule has 1 aliphatic heterocycles. The predicted octanol–water partition coefficient (Wildman–Crippen LogP) is 1.22. The molecule has 94 valence electrons. The zero-order valence-corrected chi connectivity index (χ0v) is 10.5. The van der Waals surface area contributed by atoms with Gasteiger partial charge in [-0.2, -0.15) is 0 Å². The molecule has 16 heavy (non-hydrogen) atoms. The Labute approximate surface area is 99.2 Å². The molecular weight excluding hydrogens is 200 g/mol. The summed E-state index contributed by atoms with van der Waals surface area (Å²) in [5.74, 6) is 0.785. The van der Waals surface area contributed by atoms with Gasteiger partial charge in [0.15, 0.2) is 0 Å². The van der Waals surface area contributed by atoms with Gasteiger partial charge in [-0.15, -0.1) is 0 Å². The molecule has 2 aliphatic rings. The standard InChI is InChI=1S/C13H26N2O/c1-15-8-4-5-11(10-15)9-14-12-6-2-3-7-13(12)16/h11-14,16H,2-10H2,1H3. The fourth-order valence-corrected chi connectivity index (χ4v) is 3.11. The highest BCUT2D eigenvalue weighted by molar-refractivity contribution is 4.82. The van der Waals surface area contributed by atoms with Crippen LogP contribution in [-0.2, 0) is 0 Å². The molecule has 0 spiro atoms. The Kier molecular flexibility index (Phi) is 4.62. The van der Waals surface area contributed by atoms with E-state index in [1.807, 2.05) is 0 Å². The molecule has 0 amide bonds. The van der Waals surface area contributed by atoms with E-state index < -0.39 is 0 Å². The zero-order valence-electron chi connectivity index (χ0n) is 10.5. The van der Waals surface area contributed by atoms with Gasteiger partial charge in [-0.1, -0.05) is 12.8 Å². The second kappa shape index (κ2) is 5.99. The number of aliphatic hydroxyl groups excluding tert-OH is 1. The van der Waals surface area contributed by atoms with Gasteiger partial charge in [-0.3, -0.25) is 0 Å². The zero-order chi connectivity index (χ0) is 11.4. The quantitative estimate of drug-likeness (QED) is 0.759. The van der Waals surface area contributed by atoms with Gasteiger partial charge in [0.1, 0.15) is 0 Å². The van der Waals surface area contributed by atoms with Crippen LogP contribution >= 0.6 is 0 Å². The van der Waals surface area contributed by atoms with Crippen LogP contribution < -0.4 is 5.32 Å². The van der Waals surface area contributed by atoms with Crippen molar-refractivity contribution in [2.45, 2.75) is 50.7 Å². The molecule has 2 N–H and O–H groups in total. The molecule has 2 rings (SSSR count). The van der Waals surface area contributed by atoms with E-state index in [4.69, 9.17) is 0 Å². The third-order valence-corrected chi connectivity index (χ3v) is 4.12. The summed E-state index contributed by atoms with van der Waals surface area (Å²) in [7, 11) is 2.21. The Bertz CT molecular complexity index is 210. The number of hydrogen-bond donors (Lipinski definition) is 2. The summed E-state index contributed by atoms with van der Waals surface area (Å²) in [5, 5.41) is 13.5. The number of piperidine rings is 1. The highest BCUT2D eigenvalue weighted by Gasteiger charge is 2.24. The van der Waals surface area contributed by atoms with Gasteiger partial charge in [0, 0.05) is 12.6 Å². The Morgan fingerprint density at radius 3 is 2.75 bits per heavy atom. The number of likely N-dealkylation sites (tertiary alicyclic amines) is 1. The van der Waals surface area contributed by atoms with Crippen LogP contribution in [0, 0.1) is 5.92 Å². The normalized spacial score (nSPS) is 37.5. The van der Waals surface area contributed by atoms with Crippen molar-refractivity contribution in [3.8, 4) is 0 Å². The van der Waals surface area contributed by atoms with Crippen LogP contribution in [0.4, 0.5) is 0 Å². The van der Waals surface area contributed by atoms with Crippen LogP contribution in [0.2, 0.25) is 0 Å². The molecule has 1 saturated heterocycles. The highest BCUT2D eigenvalue weighted by atomic mass is 16.3. The molecule has 0 aromatic heterocycles. The van der Waals surface area contributed by atoms with Gasteiger partial charge in [-0.05, 0) is 51.7 Å². The molecule has 1 heterocycles. The Morgan fingerprint density at radius 2 is 2.00 bits per heavy atom. The maximum absolute atomic E-state index is 9.88. The van der Waals surface area contributed by atoms with E-state index in [0.717, 1.165) is 25.3 Å². The molecule has 0 aromatic carbocycles. The fraction of sp³-hybridized carbons (Fsp3) is 1.00. The Morgan fingerprint density at radius 1 is 1.19 bits per heavy atom. The molecule has 1 saturated carbocycles. The lowest BCUT2D eigenvalue weighted by Crippen LogP contribution is -2.46. The van der Waals surface area contributed by atoms with E-state index in [9.17, 15) is 5.11 Å². The minimum Gasteiger partial charge on any atom is -0.392 e. The molecule has 2 fully saturated rings. The summed E-state index contributed by atoms with van der Waals surface area (Å²) in [5.41, 5.74) is 0. The number of aliphatic hydroxyl groups is 1. The first kappa shape index (κ1) is 12.3. The van der Waals surface area contributed by atoms with Crippen LogP contribution in [0.25, 0.3) is 0 Å². The summed E-state index contributed by atoms with van der Waals surface area (Å²) in [6, 6.07) is 0.362. The number of hydrogen-bond acceptors (Lipinski definition) is 3. The minimum atomic E-state index is -0.102.